The maximum atomic E-state index is 11.5. The molecule has 0 radical (unpaired) electrons. The molecule has 2 atom stereocenters. The monoisotopic (exact) mass is 504 g/mol. The van der Waals surface area contributed by atoms with Crippen molar-refractivity contribution in [2.75, 3.05) is 24.7 Å². The molecule has 7 rings (SSSR count). The van der Waals surface area contributed by atoms with Gasteiger partial charge in [-0.25, -0.2) is 9.97 Å². The molecule has 11 heteroatoms. The minimum atomic E-state index is -0.383. The lowest BCUT2D eigenvalue weighted by molar-refractivity contribution is -0.180. The number of Topliss-reactive ketones (excluding diaryl/α,β-unsaturated/α-hetero) is 1. The number of ketones is 1. The molecule has 4 N–H and O–H groups in total. The summed E-state index contributed by atoms with van der Waals surface area (Å²) in [5, 5.41) is 8.24. The number of fused-ring (bicyclic) bond motifs is 2. The van der Waals surface area contributed by atoms with E-state index in [4.69, 9.17) is 20.9 Å². The Morgan fingerprint density at radius 2 is 1.46 bits per heavy atom. The van der Waals surface area contributed by atoms with Crippen molar-refractivity contribution in [3.8, 4) is 0 Å². The van der Waals surface area contributed by atoms with Crippen LogP contribution in [-0.4, -0.2) is 54.0 Å². The Morgan fingerprint density at radius 1 is 0.865 bits per heavy atom. The second-order valence-electron chi connectivity index (χ2n) is 10.1. The van der Waals surface area contributed by atoms with Crippen LogP contribution in [-0.2, 0) is 14.3 Å². The molecule has 2 aliphatic carbocycles. The molecule has 4 aromatic heterocycles. The van der Waals surface area contributed by atoms with Gasteiger partial charge < -0.3 is 20.9 Å². The lowest BCUT2D eigenvalue weighted by Gasteiger charge is -2.36. The Bertz CT molecular complexity index is 1420. The molecule has 0 amide bonds. The van der Waals surface area contributed by atoms with Crippen molar-refractivity contribution >= 4 is 28.7 Å². The van der Waals surface area contributed by atoms with Gasteiger partial charge in [-0.3, -0.25) is 4.79 Å². The highest BCUT2D eigenvalue weighted by molar-refractivity contribution is 5.80. The first-order chi connectivity index (χ1) is 18.0. The number of hydrogen-bond acceptors (Lipinski definition) is 9. The molecule has 3 fully saturated rings. The van der Waals surface area contributed by atoms with Crippen LogP contribution in [0.5, 0.6) is 0 Å². The van der Waals surface area contributed by atoms with Crippen LogP contribution in [0.1, 0.15) is 74.6 Å². The number of rotatable bonds is 2. The molecule has 11 nitrogen and oxygen atoms in total. The molecule has 1 saturated heterocycles. The molecule has 1 aliphatic heterocycles. The van der Waals surface area contributed by atoms with E-state index >= 15 is 0 Å². The molecule has 194 valence electrons. The van der Waals surface area contributed by atoms with Crippen LogP contribution >= 0.6 is 0 Å². The van der Waals surface area contributed by atoms with Crippen LogP contribution in [0, 0.1) is 0 Å². The van der Waals surface area contributed by atoms with E-state index in [-0.39, 0.29) is 11.7 Å². The lowest BCUT2D eigenvalue weighted by Crippen LogP contribution is -2.35. The molecule has 0 aromatic carbocycles. The minimum absolute atomic E-state index is 0.221. The normalized spacial score (nSPS) is 23.4. The summed E-state index contributed by atoms with van der Waals surface area (Å²) in [5.74, 6) is 1.71. The van der Waals surface area contributed by atoms with Crippen LogP contribution < -0.4 is 11.5 Å². The summed E-state index contributed by atoms with van der Waals surface area (Å²) >= 11 is 0. The van der Waals surface area contributed by atoms with Crippen molar-refractivity contribution in [3.05, 3.63) is 48.0 Å². The Hall–Kier alpha value is -3.57. The maximum absolute atomic E-state index is 11.5. The number of ether oxygens (including phenoxy) is 2. The van der Waals surface area contributed by atoms with Gasteiger partial charge in [-0.2, -0.15) is 19.2 Å². The predicted octanol–water partition coefficient (Wildman–Crippen LogP) is 3.25. The highest BCUT2D eigenvalue weighted by Gasteiger charge is 2.42. The highest BCUT2D eigenvalue weighted by Crippen LogP contribution is 2.43. The number of aromatic nitrogens is 6. The van der Waals surface area contributed by atoms with Gasteiger partial charge in [0.1, 0.15) is 17.4 Å². The van der Waals surface area contributed by atoms with E-state index in [0.717, 1.165) is 61.2 Å². The first kappa shape index (κ1) is 23.8. The van der Waals surface area contributed by atoms with Crippen LogP contribution in [0.3, 0.4) is 0 Å². The SMILES string of the molecule is Nc1cc(C2CCCC(=O)C2)nc2ccnn12.Nc1cc(C2CCCC3(C2)OCCO3)nc2ccnn12. The van der Waals surface area contributed by atoms with Gasteiger partial charge in [0.15, 0.2) is 17.1 Å². The van der Waals surface area contributed by atoms with Crippen molar-refractivity contribution in [2.45, 2.75) is 69.0 Å². The first-order valence-electron chi connectivity index (χ1n) is 13.0. The number of carbonyl (C=O) groups is 1. The summed E-state index contributed by atoms with van der Waals surface area (Å²) in [6.07, 6.45) is 10.7. The van der Waals surface area contributed by atoms with E-state index in [1.54, 1.807) is 21.4 Å². The summed E-state index contributed by atoms with van der Waals surface area (Å²) in [6.45, 7) is 1.40. The van der Waals surface area contributed by atoms with Gasteiger partial charge in [-0.05, 0) is 25.7 Å². The Kier molecular flexibility index (Phi) is 6.25. The first-order valence-corrected chi connectivity index (χ1v) is 13.0. The molecule has 2 saturated carbocycles. The fraction of sp³-hybridized carbons (Fsp3) is 0.500. The van der Waals surface area contributed by atoms with Gasteiger partial charge in [0.05, 0.1) is 31.3 Å². The summed E-state index contributed by atoms with van der Waals surface area (Å²) in [6, 6.07) is 7.47. The molecule has 5 heterocycles. The van der Waals surface area contributed by atoms with Gasteiger partial charge in [0.25, 0.3) is 0 Å². The average Bonchev–Trinajstić information content (AvgIpc) is 3.66. The average molecular weight is 505 g/mol. The number of hydrogen-bond donors (Lipinski definition) is 2. The largest absolute Gasteiger partial charge is 0.384 e. The van der Waals surface area contributed by atoms with Gasteiger partial charge in [0.2, 0.25) is 0 Å². The molecule has 0 bridgehead atoms. The molecule has 37 heavy (non-hydrogen) atoms. The topological polar surface area (TPSA) is 148 Å². The highest BCUT2D eigenvalue weighted by atomic mass is 16.7. The van der Waals surface area contributed by atoms with Gasteiger partial charge >= 0.3 is 0 Å². The van der Waals surface area contributed by atoms with E-state index in [1.807, 2.05) is 24.3 Å². The van der Waals surface area contributed by atoms with Crippen molar-refractivity contribution < 1.29 is 14.3 Å². The fourth-order valence-electron chi connectivity index (χ4n) is 5.82. The van der Waals surface area contributed by atoms with Crippen molar-refractivity contribution in [3.63, 3.8) is 0 Å². The standard InChI is InChI=1S/C14H18N4O2.C12H14N4O/c15-12-8-11(17-13-3-5-16-18(12)13)10-2-1-4-14(9-10)19-6-7-20-14;13-11-7-10(8-2-1-3-9(17)6-8)15-12-4-5-14-16(11)12/h3,5,8,10H,1-2,4,6-7,9,15H2;4-5,7-8H,1-3,6,13H2. The third-order valence-electron chi connectivity index (χ3n) is 7.61. The molecular formula is C26H32N8O3. The second-order valence-corrected chi connectivity index (χ2v) is 10.1. The van der Waals surface area contributed by atoms with Crippen LogP contribution in [0.25, 0.3) is 11.3 Å². The number of nitrogen functional groups attached to an aromatic ring is 2. The van der Waals surface area contributed by atoms with E-state index in [1.165, 1.54) is 0 Å². The Balaban J connectivity index is 0.000000138. The minimum Gasteiger partial charge on any atom is -0.384 e. The Morgan fingerprint density at radius 3 is 2.08 bits per heavy atom. The molecule has 4 aromatic rings. The molecular weight excluding hydrogens is 472 g/mol. The molecule has 1 spiro atoms. The molecule has 3 aliphatic rings. The van der Waals surface area contributed by atoms with Gasteiger partial charge in [-0.1, -0.05) is 0 Å². The van der Waals surface area contributed by atoms with E-state index in [0.29, 0.717) is 49.4 Å². The maximum Gasteiger partial charge on any atom is 0.169 e. The van der Waals surface area contributed by atoms with E-state index in [9.17, 15) is 4.79 Å². The predicted molar refractivity (Wildman–Crippen MR) is 137 cm³/mol. The third-order valence-corrected chi connectivity index (χ3v) is 7.61. The van der Waals surface area contributed by atoms with Crippen LogP contribution in [0.4, 0.5) is 11.6 Å². The quantitative estimate of drug-likeness (QED) is 0.419. The zero-order valence-corrected chi connectivity index (χ0v) is 20.8. The van der Waals surface area contributed by atoms with E-state index < -0.39 is 0 Å². The number of anilines is 2. The zero-order valence-electron chi connectivity index (χ0n) is 20.8. The summed E-state index contributed by atoms with van der Waals surface area (Å²) in [4.78, 5) is 20.7. The number of nitrogens with zero attached hydrogens (tertiary/aromatic N) is 6. The van der Waals surface area contributed by atoms with Crippen LogP contribution in [0.2, 0.25) is 0 Å². The van der Waals surface area contributed by atoms with Crippen molar-refractivity contribution in [1.82, 2.24) is 29.2 Å². The smallest absolute Gasteiger partial charge is 0.169 e. The summed E-state index contributed by atoms with van der Waals surface area (Å²) < 4.78 is 14.9. The third kappa shape index (κ3) is 4.76. The number of nitrogens with two attached hydrogens (primary N) is 2. The lowest BCUT2D eigenvalue weighted by atomic mass is 9.82. The van der Waals surface area contributed by atoms with Crippen molar-refractivity contribution in [1.29, 1.82) is 0 Å². The van der Waals surface area contributed by atoms with Crippen molar-refractivity contribution in [2.24, 2.45) is 0 Å². The van der Waals surface area contributed by atoms with Gasteiger partial charge in [0, 0.05) is 67.5 Å². The second kappa shape index (κ2) is 9.71. The Labute approximate surface area is 214 Å². The van der Waals surface area contributed by atoms with Gasteiger partial charge in [-0.15, -0.1) is 0 Å². The summed E-state index contributed by atoms with van der Waals surface area (Å²) in [7, 11) is 0. The summed E-state index contributed by atoms with van der Waals surface area (Å²) in [5.41, 5.74) is 15.5. The molecule has 2 unspecified atom stereocenters. The fourth-order valence-corrected chi connectivity index (χ4v) is 5.82. The number of carbonyl (C=O) groups excluding carboxylic acids is 1. The van der Waals surface area contributed by atoms with E-state index in [2.05, 4.69) is 20.2 Å². The van der Waals surface area contributed by atoms with Crippen LogP contribution in [0.15, 0.2) is 36.7 Å². The zero-order chi connectivity index (χ0) is 25.4.